The molecule has 3 nitrogen and oxygen atoms in total. The Hall–Kier alpha value is 0.748. The molecule has 83 valence electrons. The predicted octanol–water partition coefficient (Wildman–Crippen LogP) is 2.36. The molecule has 0 aliphatic heterocycles. The predicted molar refractivity (Wildman–Crippen MR) is 67.3 cm³/mol. The Morgan fingerprint density at radius 2 is 0.857 bits per heavy atom. The van der Waals surface area contributed by atoms with Crippen LogP contribution in [0, 0.1) is 0 Å². The molecule has 3 radical (unpaired) electrons. The summed E-state index contributed by atoms with van der Waals surface area (Å²) in [6.07, 6.45) is 0. The van der Waals surface area contributed by atoms with E-state index in [1.165, 1.54) is 0 Å². The average molecular weight is 266 g/mol. The van der Waals surface area contributed by atoms with Gasteiger partial charge in [0.1, 0.15) is 0 Å². The van der Waals surface area contributed by atoms with E-state index in [0.29, 0.717) is 0 Å². The Morgan fingerprint density at radius 1 is 0.643 bits per heavy atom. The summed E-state index contributed by atoms with van der Waals surface area (Å²) in [5.41, 5.74) is 0. The second kappa shape index (κ2) is 6.36. The summed E-state index contributed by atoms with van der Waals surface area (Å²) in [5, 5.41) is 0. The molecule has 0 fully saturated rings. The van der Waals surface area contributed by atoms with Gasteiger partial charge < -0.3 is 12.3 Å². The number of rotatable bonds is 6. The van der Waals surface area contributed by atoms with Crippen molar-refractivity contribution in [3.63, 3.8) is 0 Å². The van der Waals surface area contributed by atoms with E-state index >= 15 is 0 Å². The van der Waals surface area contributed by atoms with Gasteiger partial charge >= 0.3 is 8.80 Å². The lowest BCUT2D eigenvalue weighted by Gasteiger charge is -2.31. The van der Waals surface area contributed by atoms with Gasteiger partial charge in [0, 0.05) is 6.55 Å². The van der Waals surface area contributed by atoms with Crippen molar-refractivity contribution in [2.45, 2.75) is 45.8 Å². The monoisotopic (exact) mass is 265 g/mol. The Balaban J connectivity index is 4.32. The molecule has 0 aromatic rings. The average Bonchev–Trinajstić information content (AvgIpc) is 1.76. The van der Waals surface area contributed by atoms with Gasteiger partial charge in [-0.2, -0.15) is 0 Å². The van der Waals surface area contributed by atoms with Crippen LogP contribution in [0.15, 0.2) is 0 Å². The Bertz CT molecular complexity index is 136. The van der Waals surface area contributed by atoms with Gasteiger partial charge in [0.15, 0.2) is 27.1 Å². The number of hydrogen-bond acceptors (Lipinski definition) is 3. The molecule has 0 aromatic heterocycles. The summed E-state index contributed by atoms with van der Waals surface area (Å²) in [7, 11) is -4.51. The van der Waals surface area contributed by atoms with E-state index in [-0.39, 0.29) is 0 Å². The molecule has 0 rings (SSSR count). The van der Waals surface area contributed by atoms with Gasteiger partial charge in [0.2, 0.25) is 0 Å². The molecule has 0 spiro atoms. The van der Waals surface area contributed by atoms with Crippen LogP contribution in [0.3, 0.4) is 0 Å². The maximum atomic E-state index is 5.91. The van der Waals surface area contributed by atoms with Crippen molar-refractivity contribution in [3.05, 3.63) is 0 Å². The summed E-state index contributed by atoms with van der Waals surface area (Å²) in [6.45, 7) is 14.8. The smallest absolute Gasteiger partial charge is 0.417 e. The van der Waals surface area contributed by atoms with Crippen molar-refractivity contribution in [1.82, 2.24) is 0 Å². The van der Waals surface area contributed by atoms with Crippen LogP contribution >= 0.6 is 0 Å². The van der Waals surface area contributed by atoms with Crippen molar-refractivity contribution in [2.75, 3.05) is 0 Å². The topological polar surface area (TPSA) is 27.7 Å². The van der Waals surface area contributed by atoms with Gasteiger partial charge in [0.05, 0.1) is 0 Å². The summed E-state index contributed by atoms with van der Waals surface area (Å²) in [6, 6.07) is 0. The van der Waals surface area contributed by atoms with Gasteiger partial charge in [0.25, 0.3) is 0 Å². The quantitative estimate of drug-likeness (QED) is 0.690. The molecule has 7 heteroatoms. The van der Waals surface area contributed by atoms with Crippen LogP contribution in [-0.2, 0) is 12.3 Å². The summed E-state index contributed by atoms with van der Waals surface area (Å²) in [5.74, 6) is 0. The molecule has 0 aromatic carbocycles. The molecule has 0 aliphatic carbocycles. The van der Waals surface area contributed by atoms with Crippen LogP contribution in [-0.4, -0.2) is 35.9 Å². The second-order valence-electron chi connectivity index (χ2n) is 3.89. The Labute approximate surface area is 94.3 Å². The highest BCUT2D eigenvalue weighted by atomic mass is 28.5. The maximum Gasteiger partial charge on any atom is 0.466 e. The highest BCUT2D eigenvalue weighted by Crippen LogP contribution is 2.13. The normalized spacial score (nSPS) is 13.3. The first-order valence-corrected chi connectivity index (χ1v) is 14.2. The van der Waals surface area contributed by atoms with Crippen LogP contribution in [0.2, 0.25) is 45.8 Å². The highest BCUT2D eigenvalue weighted by Gasteiger charge is 2.37. The van der Waals surface area contributed by atoms with E-state index in [1.807, 2.05) is 6.55 Å². The standard InChI is InChI=1S/C7H21O3Si4/c1-11(2)8-14(7,9-12(3)4)10-13(5)6/h1-7H3. The lowest BCUT2D eigenvalue weighted by molar-refractivity contribution is 0.280. The molecule has 14 heavy (non-hydrogen) atoms. The zero-order valence-electron chi connectivity index (χ0n) is 10.2. The Kier molecular flexibility index (Phi) is 6.70. The molecule has 0 saturated carbocycles. The van der Waals surface area contributed by atoms with Gasteiger partial charge in [-0.25, -0.2) is 0 Å². The fraction of sp³-hybridized carbons (Fsp3) is 1.00. The molecular weight excluding hydrogens is 244 g/mol. The highest BCUT2D eigenvalue weighted by molar-refractivity contribution is 6.79. The van der Waals surface area contributed by atoms with Gasteiger partial charge in [-0.05, 0) is 39.3 Å². The van der Waals surface area contributed by atoms with Crippen LogP contribution < -0.4 is 0 Å². The third-order valence-electron chi connectivity index (χ3n) is 1.17. The van der Waals surface area contributed by atoms with E-state index < -0.39 is 35.9 Å². The minimum Gasteiger partial charge on any atom is -0.417 e. The van der Waals surface area contributed by atoms with Crippen molar-refractivity contribution in [1.29, 1.82) is 0 Å². The molecule has 0 heterocycles. The first kappa shape index (κ1) is 14.7. The third kappa shape index (κ3) is 7.09. The zero-order chi connectivity index (χ0) is 11.4. The molecule has 0 aliphatic rings. The fourth-order valence-electron chi connectivity index (χ4n) is 1.17. The van der Waals surface area contributed by atoms with Crippen LogP contribution in [0.1, 0.15) is 0 Å². The second-order valence-corrected chi connectivity index (χ2v) is 13.5. The van der Waals surface area contributed by atoms with E-state index in [1.54, 1.807) is 0 Å². The van der Waals surface area contributed by atoms with Crippen molar-refractivity contribution < 1.29 is 12.3 Å². The minimum atomic E-state index is -2.30. The molecule has 0 N–H and O–H groups in total. The maximum absolute atomic E-state index is 5.91. The van der Waals surface area contributed by atoms with Crippen molar-refractivity contribution in [3.8, 4) is 0 Å². The first-order valence-electron chi connectivity index (χ1n) is 4.72. The lowest BCUT2D eigenvalue weighted by Crippen LogP contribution is -2.50. The zero-order valence-corrected chi connectivity index (χ0v) is 14.2. The fourth-order valence-corrected chi connectivity index (χ4v) is 11.7. The molecule has 0 atom stereocenters. The lowest BCUT2D eigenvalue weighted by atomic mass is 11.9. The largest absolute Gasteiger partial charge is 0.466 e. The van der Waals surface area contributed by atoms with E-state index in [2.05, 4.69) is 39.3 Å². The summed E-state index contributed by atoms with van der Waals surface area (Å²) >= 11 is 0. The van der Waals surface area contributed by atoms with Crippen LogP contribution in [0.4, 0.5) is 0 Å². The molecule has 0 saturated heterocycles. The van der Waals surface area contributed by atoms with Crippen LogP contribution in [0.25, 0.3) is 0 Å². The van der Waals surface area contributed by atoms with E-state index in [0.717, 1.165) is 0 Å². The number of hydrogen-bond donors (Lipinski definition) is 0. The molecule has 0 unspecified atom stereocenters. The summed E-state index contributed by atoms with van der Waals surface area (Å²) < 4.78 is 17.7. The van der Waals surface area contributed by atoms with Crippen LogP contribution in [0.5, 0.6) is 0 Å². The first-order chi connectivity index (χ1) is 6.25. The van der Waals surface area contributed by atoms with E-state index in [4.69, 9.17) is 12.3 Å². The summed E-state index contributed by atoms with van der Waals surface area (Å²) in [4.78, 5) is 0. The van der Waals surface area contributed by atoms with Crippen molar-refractivity contribution >= 4 is 35.9 Å². The molecular formula is C7H21O3Si4. The van der Waals surface area contributed by atoms with Crippen molar-refractivity contribution in [2.24, 2.45) is 0 Å². The van der Waals surface area contributed by atoms with E-state index in [9.17, 15) is 0 Å². The van der Waals surface area contributed by atoms with Gasteiger partial charge in [-0.3, -0.25) is 0 Å². The SMILES string of the molecule is C[Si](C)O[Si](C)(O[Si](C)C)O[Si](C)C. The third-order valence-corrected chi connectivity index (χ3v) is 10.5. The molecule has 0 amide bonds. The Morgan fingerprint density at radius 3 is 1.00 bits per heavy atom. The minimum absolute atomic E-state index is 0.737. The van der Waals surface area contributed by atoms with Gasteiger partial charge in [-0.1, -0.05) is 0 Å². The van der Waals surface area contributed by atoms with Gasteiger partial charge in [-0.15, -0.1) is 0 Å². The molecule has 0 bridgehead atoms.